The summed E-state index contributed by atoms with van der Waals surface area (Å²) in [4.78, 5) is 13.1. The lowest BCUT2D eigenvalue weighted by molar-refractivity contribution is -0.116. The Labute approximate surface area is 166 Å². The number of hydrogen-bond donors (Lipinski definition) is 2. The predicted octanol–water partition coefficient (Wildman–Crippen LogP) is 3.89. The Kier molecular flexibility index (Phi) is 5.05. The number of hydrogen-bond acceptors (Lipinski definition) is 5. The molecular formula is C19H18ClN5OS. The van der Waals surface area contributed by atoms with Gasteiger partial charge in [0.05, 0.1) is 6.04 Å². The van der Waals surface area contributed by atoms with Crippen LogP contribution in [0.1, 0.15) is 24.4 Å². The van der Waals surface area contributed by atoms with Gasteiger partial charge in [-0.2, -0.15) is 0 Å². The summed E-state index contributed by atoms with van der Waals surface area (Å²) in [5.74, 6) is 0.725. The molecule has 0 bridgehead atoms. The van der Waals surface area contributed by atoms with Gasteiger partial charge in [0.2, 0.25) is 11.1 Å². The quantitative estimate of drug-likeness (QED) is 0.696. The Morgan fingerprint density at radius 1 is 1.22 bits per heavy atom. The topological polar surface area (TPSA) is 71.8 Å². The van der Waals surface area contributed by atoms with E-state index in [0.717, 1.165) is 17.8 Å². The molecule has 1 aliphatic rings. The summed E-state index contributed by atoms with van der Waals surface area (Å²) in [6.07, 6.45) is 0.751. The molecule has 0 radical (unpaired) electrons. The summed E-state index contributed by atoms with van der Waals surface area (Å²) in [6, 6.07) is 16.8. The number of fused-ring (bicyclic) bond motifs is 1. The van der Waals surface area contributed by atoms with E-state index in [2.05, 4.69) is 20.9 Å². The minimum Gasteiger partial charge on any atom is -0.325 e. The number of aromatic nitrogens is 3. The first-order valence-corrected chi connectivity index (χ1v) is 9.90. The van der Waals surface area contributed by atoms with E-state index >= 15 is 0 Å². The van der Waals surface area contributed by atoms with Gasteiger partial charge in [0.25, 0.3) is 0 Å². The van der Waals surface area contributed by atoms with Gasteiger partial charge in [0, 0.05) is 17.1 Å². The smallest absolute Gasteiger partial charge is 0.240 e. The molecule has 2 N–H and O–H groups in total. The summed E-state index contributed by atoms with van der Waals surface area (Å²) >= 11 is 7.44. The van der Waals surface area contributed by atoms with E-state index in [1.807, 2.05) is 54.1 Å². The molecule has 8 heteroatoms. The minimum atomic E-state index is -0.409. The van der Waals surface area contributed by atoms with E-state index in [4.69, 9.17) is 11.6 Å². The van der Waals surface area contributed by atoms with Crippen LogP contribution in [0.5, 0.6) is 0 Å². The van der Waals surface area contributed by atoms with Gasteiger partial charge in [0.15, 0.2) is 5.82 Å². The number of carbonyl (C=O) groups excluding carboxylic acids is 1. The standard InChI is InChI=1S/C19H18ClN5OS/c1-2-15-22-23-19-25(15)24-16(12-7-4-3-5-8-12)17(27-19)18(26)21-14-10-6-9-13(20)11-14/h3-11,16-17,24H,2H2,1H3,(H,21,26)/t16-,17-/m1/s1. The molecule has 1 amide bonds. The van der Waals surface area contributed by atoms with Crippen molar-refractivity contribution >= 4 is 35.0 Å². The number of halogens is 1. The zero-order chi connectivity index (χ0) is 18.8. The lowest BCUT2D eigenvalue weighted by atomic mass is 10.0. The molecule has 1 aromatic heterocycles. The maximum absolute atomic E-state index is 13.1. The largest absolute Gasteiger partial charge is 0.325 e. The monoisotopic (exact) mass is 399 g/mol. The third-order valence-electron chi connectivity index (χ3n) is 4.33. The molecule has 1 aliphatic heterocycles. The first-order chi connectivity index (χ1) is 13.2. The molecule has 0 saturated heterocycles. The van der Waals surface area contributed by atoms with Gasteiger partial charge in [-0.25, -0.2) is 4.68 Å². The summed E-state index contributed by atoms with van der Waals surface area (Å²) in [7, 11) is 0. The highest BCUT2D eigenvalue weighted by Crippen LogP contribution is 2.37. The Morgan fingerprint density at radius 3 is 2.78 bits per heavy atom. The van der Waals surface area contributed by atoms with Crippen LogP contribution in [0.3, 0.4) is 0 Å². The second kappa shape index (κ2) is 7.62. The Balaban J connectivity index is 1.66. The second-order valence-electron chi connectivity index (χ2n) is 6.14. The van der Waals surface area contributed by atoms with E-state index in [9.17, 15) is 4.79 Å². The molecule has 0 unspecified atom stereocenters. The molecule has 2 atom stereocenters. The SMILES string of the molecule is CCc1nnc2n1N[C@H](c1ccccc1)[C@H](C(=O)Nc1cccc(Cl)c1)S2. The average molecular weight is 400 g/mol. The van der Waals surface area contributed by atoms with Crippen LogP contribution in [0.4, 0.5) is 5.69 Å². The van der Waals surface area contributed by atoms with Gasteiger partial charge in [-0.15, -0.1) is 10.2 Å². The van der Waals surface area contributed by atoms with Gasteiger partial charge in [-0.1, -0.05) is 66.7 Å². The normalized spacial score (nSPS) is 18.4. The first kappa shape index (κ1) is 17.9. The molecular weight excluding hydrogens is 382 g/mol. The van der Waals surface area contributed by atoms with Crippen LogP contribution in [0.25, 0.3) is 0 Å². The zero-order valence-electron chi connectivity index (χ0n) is 14.6. The predicted molar refractivity (Wildman–Crippen MR) is 108 cm³/mol. The Hall–Kier alpha value is -2.51. The van der Waals surface area contributed by atoms with E-state index in [1.54, 1.807) is 12.1 Å². The van der Waals surface area contributed by atoms with Crippen molar-refractivity contribution in [3.05, 3.63) is 71.0 Å². The summed E-state index contributed by atoms with van der Waals surface area (Å²) in [6.45, 7) is 2.03. The van der Waals surface area contributed by atoms with E-state index in [-0.39, 0.29) is 11.9 Å². The van der Waals surface area contributed by atoms with Crippen LogP contribution in [-0.4, -0.2) is 26.0 Å². The Bertz CT molecular complexity index is 962. The number of aryl methyl sites for hydroxylation is 1. The molecule has 3 aromatic rings. The Morgan fingerprint density at radius 2 is 2.04 bits per heavy atom. The minimum absolute atomic E-state index is 0.115. The third kappa shape index (κ3) is 3.65. The highest BCUT2D eigenvalue weighted by molar-refractivity contribution is 8.00. The fourth-order valence-corrected chi connectivity index (χ4v) is 4.31. The fraction of sp³-hybridized carbons (Fsp3) is 0.211. The average Bonchev–Trinajstić information content (AvgIpc) is 3.10. The van der Waals surface area contributed by atoms with Gasteiger partial charge in [-0.3, -0.25) is 4.79 Å². The second-order valence-corrected chi connectivity index (χ2v) is 7.69. The van der Waals surface area contributed by atoms with Gasteiger partial charge in [-0.05, 0) is 23.8 Å². The molecule has 6 nitrogen and oxygen atoms in total. The molecule has 2 heterocycles. The number of nitrogens with one attached hydrogen (secondary N) is 2. The van der Waals surface area contributed by atoms with Gasteiger partial charge < -0.3 is 10.7 Å². The third-order valence-corrected chi connectivity index (χ3v) is 5.78. The van der Waals surface area contributed by atoms with Crippen molar-refractivity contribution in [3.63, 3.8) is 0 Å². The van der Waals surface area contributed by atoms with E-state index in [0.29, 0.717) is 15.9 Å². The summed E-state index contributed by atoms with van der Waals surface area (Å²) in [5, 5.41) is 12.3. The number of rotatable bonds is 4. The number of carbonyl (C=O) groups is 1. The maximum atomic E-state index is 13.1. The number of anilines is 1. The molecule has 4 rings (SSSR count). The summed E-state index contributed by atoms with van der Waals surface area (Å²) < 4.78 is 1.88. The first-order valence-electron chi connectivity index (χ1n) is 8.64. The maximum Gasteiger partial charge on any atom is 0.240 e. The lowest BCUT2D eigenvalue weighted by Gasteiger charge is -2.33. The molecule has 0 spiro atoms. The van der Waals surface area contributed by atoms with Gasteiger partial charge in [0.1, 0.15) is 5.25 Å². The number of nitrogens with zero attached hydrogens (tertiary/aromatic N) is 3. The number of amides is 1. The molecule has 0 aliphatic carbocycles. The number of benzene rings is 2. The highest BCUT2D eigenvalue weighted by atomic mass is 35.5. The highest BCUT2D eigenvalue weighted by Gasteiger charge is 2.37. The van der Waals surface area contributed by atoms with Gasteiger partial charge >= 0.3 is 0 Å². The number of thioether (sulfide) groups is 1. The fourth-order valence-electron chi connectivity index (χ4n) is 3.02. The van der Waals surface area contributed by atoms with Crippen LogP contribution in [0.15, 0.2) is 59.8 Å². The molecule has 2 aromatic carbocycles. The van der Waals surface area contributed by atoms with Crippen molar-refractivity contribution in [1.82, 2.24) is 14.9 Å². The van der Waals surface area contributed by atoms with E-state index in [1.165, 1.54) is 11.8 Å². The molecule has 0 fully saturated rings. The van der Waals surface area contributed by atoms with Crippen LogP contribution < -0.4 is 10.7 Å². The molecule has 0 saturated carbocycles. The van der Waals surface area contributed by atoms with E-state index < -0.39 is 5.25 Å². The van der Waals surface area contributed by atoms with Crippen LogP contribution >= 0.6 is 23.4 Å². The summed E-state index contributed by atoms with van der Waals surface area (Å²) in [5.41, 5.74) is 5.12. The van der Waals surface area contributed by atoms with Crippen molar-refractivity contribution in [2.45, 2.75) is 29.8 Å². The lowest BCUT2D eigenvalue weighted by Crippen LogP contribution is -2.41. The van der Waals surface area contributed by atoms with Crippen molar-refractivity contribution in [3.8, 4) is 0 Å². The molecule has 138 valence electrons. The van der Waals surface area contributed by atoms with Crippen molar-refractivity contribution < 1.29 is 4.79 Å². The van der Waals surface area contributed by atoms with Crippen molar-refractivity contribution in [1.29, 1.82) is 0 Å². The van der Waals surface area contributed by atoms with Crippen LogP contribution in [-0.2, 0) is 11.2 Å². The molecule has 27 heavy (non-hydrogen) atoms. The van der Waals surface area contributed by atoms with Crippen LogP contribution in [0.2, 0.25) is 5.02 Å². The van der Waals surface area contributed by atoms with Crippen LogP contribution in [0, 0.1) is 0 Å². The zero-order valence-corrected chi connectivity index (χ0v) is 16.2. The van der Waals surface area contributed by atoms with Crippen molar-refractivity contribution in [2.24, 2.45) is 0 Å². The van der Waals surface area contributed by atoms with Crippen molar-refractivity contribution in [2.75, 3.05) is 10.7 Å².